The summed E-state index contributed by atoms with van der Waals surface area (Å²) < 4.78 is 22.2. The van der Waals surface area contributed by atoms with Gasteiger partial charge in [0.25, 0.3) is 0 Å². The first-order chi connectivity index (χ1) is 30.3. The van der Waals surface area contributed by atoms with Crippen molar-refractivity contribution in [3.05, 3.63) is 47.0 Å². The van der Waals surface area contributed by atoms with E-state index in [-0.39, 0.29) is 17.7 Å². The molecule has 0 spiro atoms. The van der Waals surface area contributed by atoms with E-state index < -0.39 is 0 Å². The molecular formula is C45H72BrN9O7. The molecule has 16 nitrogen and oxygen atoms in total. The molecule has 7 heterocycles. The Morgan fingerprint density at radius 3 is 1.32 bits per heavy atom. The molecule has 3 fully saturated rings. The van der Waals surface area contributed by atoms with Crippen LogP contribution in [0.15, 0.2) is 24.3 Å². The number of halogens is 1. The van der Waals surface area contributed by atoms with Crippen LogP contribution in [0.3, 0.4) is 0 Å². The van der Waals surface area contributed by atoms with Crippen molar-refractivity contribution in [2.45, 2.75) is 84.0 Å². The van der Waals surface area contributed by atoms with E-state index in [0.29, 0.717) is 57.8 Å². The average Bonchev–Trinajstić information content (AvgIpc) is 3.30. The van der Waals surface area contributed by atoms with Crippen LogP contribution in [-0.4, -0.2) is 177 Å². The highest BCUT2D eigenvalue weighted by Gasteiger charge is 2.23. The molecule has 17 heteroatoms. The van der Waals surface area contributed by atoms with Gasteiger partial charge in [0.15, 0.2) is 0 Å². The zero-order chi connectivity index (χ0) is 43.8. The van der Waals surface area contributed by atoms with Crippen molar-refractivity contribution in [2.24, 2.45) is 0 Å². The lowest BCUT2D eigenvalue weighted by molar-refractivity contribution is -0.134. The van der Waals surface area contributed by atoms with E-state index >= 15 is 0 Å². The fourth-order valence-electron chi connectivity index (χ4n) is 8.11. The van der Waals surface area contributed by atoms with Crippen molar-refractivity contribution in [3.8, 4) is 11.5 Å². The van der Waals surface area contributed by atoms with Crippen LogP contribution in [0.5, 0.6) is 11.5 Å². The molecular weight excluding hydrogens is 858 g/mol. The van der Waals surface area contributed by atoms with Crippen molar-refractivity contribution in [1.82, 2.24) is 45.1 Å². The van der Waals surface area contributed by atoms with Crippen LogP contribution in [-0.2, 0) is 50.0 Å². The van der Waals surface area contributed by atoms with Gasteiger partial charge in [-0.05, 0) is 57.8 Å². The van der Waals surface area contributed by atoms with E-state index in [1.165, 1.54) is 32.1 Å². The molecule has 5 aliphatic rings. The van der Waals surface area contributed by atoms with Gasteiger partial charge in [0.2, 0.25) is 17.7 Å². The third-order valence-corrected chi connectivity index (χ3v) is 12.1. The number of piperidine rings is 3. The molecule has 3 saturated heterocycles. The second kappa shape index (κ2) is 28.4. The molecule has 0 unspecified atom stereocenters. The molecule has 0 saturated carbocycles. The maximum absolute atomic E-state index is 12.9. The van der Waals surface area contributed by atoms with E-state index in [1.807, 2.05) is 39.0 Å². The Bertz CT molecular complexity index is 1550. The van der Waals surface area contributed by atoms with Crippen molar-refractivity contribution in [3.63, 3.8) is 0 Å². The summed E-state index contributed by atoms with van der Waals surface area (Å²) in [5.74, 6) is 2.22. The van der Waals surface area contributed by atoms with Gasteiger partial charge < -0.3 is 44.3 Å². The number of ether oxygens (including phenoxy) is 4. The molecule has 2 aromatic heterocycles. The van der Waals surface area contributed by atoms with Crippen molar-refractivity contribution >= 4 is 33.7 Å². The van der Waals surface area contributed by atoms with Gasteiger partial charge >= 0.3 is 0 Å². The highest BCUT2D eigenvalue weighted by Crippen LogP contribution is 2.19. The molecule has 0 radical (unpaired) electrons. The maximum Gasteiger partial charge on any atom is 0.236 e. The summed E-state index contributed by atoms with van der Waals surface area (Å²) in [4.78, 5) is 56.5. The number of hydrogen-bond acceptors (Lipinski definition) is 13. The first kappa shape index (κ1) is 49.6. The normalized spacial score (nSPS) is 20.0. The van der Waals surface area contributed by atoms with Gasteiger partial charge in [0.05, 0.1) is 81.8 Å². The van der Waals surface area contributed by atoms with E-state index in [9.17, 15) is 14.4 Å². The number of likely N-dealkylation sites (tertiary alicyclic amines) is 3. The number of alkyl halides is 1. The van der Waals surface area contributed by atoms with Crippen LogP contribution in [0.2, 0.25) is 0 Å². The molecule has 0 aliphatic carbocycles. The number of nitrogens with one attached hydrogen (secondary N) is 2. The Balaban J connectivity index is 0.000000220. The Morgan fingerprint density at radius 2 is 0.919 bits per heavy atom. The first-order valence-electron chi connectivity index (χ1n) is 22.8. The Kier molecular flexibility index (Phi) is 22.7. The SMILES string of the molecule is COc1cc2nc(c1)CN(CC(=O)N1CCCCC1)CCOCCN(CC(=O)N1CCCCC1)C2.COc1cc2nc(c1)CNCCOCCNC2.O=C(CBr)N1CCCCC1. The quantitative estimate of drug-likeness (QED) is 0.391. The summed E-state index contributed by atoms with van der Waals surface area (Å²) in [7, 11) is 3.34. The van der Waals surface area contributed by atoms with Crippen LogP contribution >= 0.6 is 15.9 Å². The number of pyridine rings is 2. The zero-order valence-corrected chi connectivity index (χ0v) is 39.0. The van der Waals surface area contributed by atoms with E-state index in [0.717, 1.165) is 139 Å². The highest BCUT2D eigenvalue weighted by molar-refractivity contribution is 9.09. The van der Waals surface area contributed by atoms with Crippen LogP contribution in [0.1, 0.15) is 80.6 Å². The first-order valence-corrected chi connectivity index (χ1v) is 23.9. The molecule has 0 aromatic carbocycles. The number of rotatable bonds is 7. The number of methoxy groups -OCH3 is 2. The fourth-order valence-corrected chi connectivity index (χ4v) is 8.47. The maximum atomic E-state index is 12.9. The van der Waals surface area contributed by atoms with Gasteiger partial charge in [-0.2, -0.15) is 0 Å². The Hall–Kier alpha value is -3.45. The molecule has 346 valence electrons. The van der Waals surface area contributed by atoms with Gasteiger partial charge in [-0.15, -0.1) is 0 Å². The lowest BCUT2D eigenvalue weighted by Crippen LogP contribution is -2.44. The minimum atomic E-state index is 0.183. The van der Waals surface area contributed by atoms with Gasteiger partial charge in [-0.1, -0.05) is 15.9 Å². The summed E-state index contributed by atoms with van der Waals surface area (Å²) in [6.45, 7) is 14.2. The lowest BCUT2D eigenvalue weighted by Gasteiger charge is -2.31. The van der Waals surface area contributed by atoms with Crippen molar-refractivity contribution in [1.29, 1.82) is 0 Å². The summed E-state index contributed by atoms with van der Waals surface area (Å²) >= 11 is 3.16. The minimum absolute atomic E-state index is 0.183. The molecule has 3 amide bonds. The number of carbonyl (C=O) groups excluding carboxylic acids is 3. The topological polar surface area (TPSA) is 154 Å². The van der Waals surface area contributed by atoms with Gasteiger partial charge in [0.1, 0.15) is 11.5 Å². The van der Waals surface area contributed by atoms with Crippen LogP contribution < -0.4 is 20.1 Å². The number of fused-ring (bicyclic) bond motifs is 4. The summed E-state index contributed by atoms with van der Waals surface area (Å²) in [6.07, 6.45) is 10.4. The Labute approximate surface area is 377 Å². The molecule has 7 rings (SSSR count). The third kappa shape index (κ3) is 18.0. The second-order valence-corrected chi connectivity index (χ2v) is 17.0. The monoisotopic (exact) mass is 929 g/mol. The summed E-state index contributed by atoms with van der Waals surface area (Å²) in [5, 5.41) is 7.08. The predicted molar refractivity (Wildman–Crippen MR) is 242 cm³/mol. The largest absolute Gasteiger partial charge is 0.497 e. The average molecular weight is 931 g/mol. The number of carbonyl (C=O) groups is 3. The van der Waals surface area contributed by atoms with Crippen LogP contribution in [0.4, 0.5) is 0 Å². The standard InChI is InChI=1S/C26H41N5O4.C12H19N3O2.C7H12BrNO/c1-34-24-16-22-18-28(20-25(32)30-8-4-2-5-9-30)12-14-35-15-13-29(19-23(17-24)27-22)21-26(33)31-10-6-3-7-11-31;1-16-12-6-10-8-13-2-4-17-5-3-14-9-11(7-12)15-10;8-6-7(10)9-4-2-1-3-5-9/h16-17H,2-15,18-21H2,1H3;6-7,13-14H,2-5,8-9H2,1H3;1-6H2. The number of amides is 3. The van der Waals surface area contributed by atoms with Gasteiger partial charge in [-0.25, -0.2) is 0 Å². The van der Waals surface area contributed by atoms with Crippen LogP contribution in [0, 0.1) is 0 Å². The van der Waals surface area contributed by atoms with Crippen molar-refractivity contribution < 1.29 is 33.3 Å². The molecule has 4 bridgehead atoms. The number of hydrogen-bond donors (Lipinski definition) is 2. The fraction of sp³-hybridized carbons (Fsp3) is 0.711. The van der Waals surface area contributed by atoms with E-state index in [4.69, 9.17) is 23.9 Å². The van der Waals surface area contributed by atoms with E-state index in [1.54, 1.807) is 14.2 Å². The summed E-state index contributed by atoms with van der Waals surface area (Å²) in [5.41, 5.74) is 3.74. The van der Waals surface area contributed by atoms with Crippen molar-refractivity contribution in [2.75, 3.05) is 125 Å². The predicted octanol–water partition coefficient (Wildman–Crippen LogP) is 3.44. The molecule has 2 N–H and O–H groups in total. The van der Waals surface area contributed by atoms with Gasteiger partial charge in [0, 0.05) is 116 Å². The summed E-state index contributed by atoms with van der Waals surface area (Å²) in [6, 6.07) is 7.81. The van der Waals surface area contributed by atoms with Gasteiger partial charge in [-0.3, -0.25) is 34.2 Å². The number of aromatic nitrogens is 2. The smallest absolute Gasteiger partial charge is 0.236 e. The highest BCUT2D eigenvalue weighted by atomic mass is 79.9. The second-order valence-electron chi connectivity index (χ2n) is 16.4. The van der Waals surface area contributed by atoms with E-state index in [2.05, 4.69) is 41.3 Å². The number of nitrogens with zero attached hydrogens (tertiary/aromatic N) is 7. The zero-order valence-electron chi connectivity index (χ0n) is 37.4. The third-order valence-electron chi connectivity index (χ3n) is 11.6. The lowest BCUT2D eigenvalue weighted by atomic mass is 10.1. The molecule has 0 atom stereocenters. The molecule has 62 heavy (non-hydrogen) atoms. The molecule has 2 aromatic rings. The minimum Gasteiger partial charge on any atom is -0.497 e. The Morgan fingerprint density at radius 1 is 0.548 bits per heavy atom. The molecule has 5 aliphatic heterocycles. The van der Waals surface area contributed by atoms with Crippen LogP contribution in [0.25, 0.3) is 0 Å².